The predicted octanol–water partition coefficient (Wildman–Crippen LogP) is 5.11. The van der Waals surface area contributed by atoms with Crippen LogP contribution in [0.3, 0.4) is 0 Å². The van der Waals surface area contributed by atoms with Crippen molar-refractivity contribution < 1.29 is 48.0 Å². The van der Waals surface area contributed by atoms with Crippen molar-refractivity contribution in [2.75, 3.05) is 21.2 Å². The number of hydrogen-bond donors (Lipinski definition) is 2. The molecule has 3 saturated heterocycles. The summed E-state index contributed by atoms with van der Waals surface area (Å²) in [7, 11) is 5.22. The number of rotatable bonds is 8. The zero-order valence-electron chi connectivity index (χ0n) is 33.8. The summed E-state index contributed by atoms with van der Waals surface area (Å²) in [6.07, 6.45) is 1.73. The molecule has 5 rings (SSSR count). The molecule has 302 valence electrons. The Hall–Kier alpha value is -3.75. The van der Waals surface area contributed by atoms with E-state index < -0.39 is 83.4 Å². The van der Waals surface area contributed by atoms with Gasteiger partial charge in [-0.25, -0.2) is 4.79 Å². The molecule has 0 radical (unpaired) electrons. The Morgan fingerprint density at radius 3 is 2.44 bits per heavy atom. The molecule has 1 aromatic heterocycles. The first kappa shape index (κ1) is 42.4. The number of carbonyl (C=O) groups is 4. The number of ether oxygens (including phenoxy) is 5. The Bertz CT molecular complexity index is 1750. The molecule has 1 amide bonds. The SMILES string of the molecule is CO[C@]1(C)C[C@@H](C)C(=O)[C@H](C)C2NC(=O)O[C@]2(C)[C@@H](CC/C=C/c2cnc3ccccc3c2)OC(=O)[C@H](C)C(=O)[C@H](C)C1OC1OC(C)CC(N(C)C)C1O. The molecule has 0 bridgehead atoms. The van der Waals surface area contributed by atoms with E-state index in [0.717, 1.165) is 16.5 Å². The number of alkyl carbamates (subject to hydrolysis) is 1. The Labute approximate surface area is 324 Å². The Kier molecular flexibility index (Phi) is 13.2. The van der Waals surface area contributed by atoms with Crippen LogP contribution in [0.2, 0.25) is 0 Å². The Morgan fingerprint density at radius 2 is 1.75 bits per heavy atom. The summed E-state index contributed by atoms with van der Waals surface area (Å²) in [6, 6.07) is 8.70. The fourth-order valence-electron chi connectivity index (χ4n) is 8.69. The van der Waals surface area contributed by atoms with Crippen molar-refractivity contribution in [1.82, 2.24) is 15.2 Å². The molecule has 2 aromatic rings. The summed E-state index contributed by atoms with van der Waals surface area (Å²) >= 11 is 0. The van der Waals surface area contributed by atoms with E-state index in [2.05, 4.69) is 10.3 Å². The van der Waals surface area contributed by atoms with Crippen LogP contribution in [0.4, 0.5) is 4.79 Å². The number of benzene rings is 1. The fourth-order valence-corrected chi connectivity index (χ4v) is 8.69. The summed E-state index contributed by atoms with van der Waals surface area (Å²) in [5.74, 6) is -5.08. The van der Waals surface area contributed by atoms with Gasteiger partial charge in [0.1, 0.15) is 23.9 Å². The zero-order valence-corrected chi connectivity index (χ0v) is 33.8. The molecule has 0 aliphatic carbocycles. The maximum absolute atomic E-state index is 14.3. The third-order valence-corrected chi connectivity index (χ3v) is 12.1. The molecule has 4 heterocycles. The highest BCUT2D eigenvalue weighted by molar-refractivity contribution is 6.00. The Balaban J connectivity index is 1.48. The second kappa shape index (κ2) is 17.2. The first-order chi connectivity index (χ1) is 25.9. The van der Waals surface area contributed by atoms with Crippen LogP contribution in [0.15, 0.2) is 42.6 Å². The molecule has 6 unspecified atom stereocenters. The lowest BCUT2D eigenvalue weighted by Gasteiger charge is -2.47. The smallest absolute Gasteiger partial charge is 0.408 e. The highest BCUT2D eigenvalue weighted by Crippen LogP contribution is 2.40. The number of hydrogen-bond acceptors (Lipinski definition) is 12. The van der Waals surface area contributed by atoms with Crippen molar-refractivity contribution in [2.45, 2.75) is 128 Å². The largest absolute Gasteiger partial charge is 0.457 e. The molecule has 13 nitrogen and oxygen atoms in total. The maximum atomic E-state index is 14.3. The van der Waals surface area contributed by atoms with Crippen LogP contribution in [-0.2, 0) is 38.1 Å². The number of allylic oxidation sites excluding steroid dienone is 1. The molecule has 13 heteroatoms. The van der Waals surface area contributed by atoms with Crippen LogP contribution >= 0.6 is 0 Å². The van der Waals surface area contributed by atoms with E-state index in [-0.39, 0.29) is 30.8 Å². The van der Waals surface area contributed by atoms with Gasteiger partial charge in [0, 0.05) is 42.5 Å². The molecule has 0 saturated carbocycles. The highest BCUT2D eigenvalue weighted by Gasteiger charge is 2.57. The van der Waals surface area contributed by atoms with E-state index >= 15 is 0 Å². The summed E-state index contributed by atoms with van der Waals surface area (Å²) in [4.78, 5) is 62.1. The Morgan fingerprint density at radius 1 is 1.04 bits per heavy atom. The number of carbonyl (C=O) groups excluding carboxylic acids is 4. The lowest BCUT2D eigenvalue weighted by molar-refractivity contribution is -0.295. The van der Waals surface area contributed by atoms with Gasteiger partial charge in [-0.1, -0.05) is 51.1 Å². The third kappa shape index (κ3) is 8.96. The summed E-state index contributed by atoms with van der Waals surface area (Å²) in [5.41, 5.74) is -0.931. The quantitative estimate of drug-likeness (QED) is 0.270. The molecule has 3 fully saturated rings. The van der Waals surface area contributed by atoms with Gasteiger partial charge in [-0.05, 0) is 85.2 Å². The number of methoxy groups -OCH3 is 1. The van der Waals surface area contributed by atoms with Gasteiger partial charge in [0.2, 0.25) is 0 Å². The van der Waals surface area contributed by atoms with Crippen LogP contribution in [0.25, 0.3) is 17.0 Å². The second-order valence-electron chi connectivity index (χ2n) is 16.4. The molecule has 3 aliphatic rings. The first-order valence-electron chi connectivity index (χ1n) is 19.4. The number of aliphatic hydroxyl groups is 1. The van der Waals surface area contributed by atoms with Crippen LogP contribution in [0.5, 0.6) is 0 Å². The molecular formula is C42H59N3O10. The average molecular weight is 766 g/mol. The van der Waals surface area contributed by atoms with Crippen molar-refractivity contribution in [2.24, 2.45) is 23.7 Å². The third-order valence-electron chi connectivity index (χ3n) is 12.1. The van der Waals surface area contributed by atoms with Crippen LogP contribution in [0.1, 0.15) is 79.7 Å². The van der Waals surface area contributed by atoms with Gasteiger partial charge in [0.05, 0.1) is 29.4 Å². The van der Waals surface area contributed by atoms with Crippen LogP contribution in [-0.4, -0.2) is 114 Å². The lowest BCUT2D eigenvalue weighted by Crippen LogP contribution is -2.60. The van der Waals surface area contributed by atoms with Gasteiger partial charge in [-0.15, -0.1) is 0 Å². The topological polar surface area (TPSA) is 163 Å². The number of aliphatic hydroxyl groups excluding tert-OH is 1. The van der Waals surface area contributed by atoms with Crippen LogP contribution < -0.4 is 5.32 Å². The number of esters is 1. The van der Waals surface area contributed by atoms with Gasteiger partial charge in [-0.2, -0.15) is 0 Å². The van der Waals surface area contributed by atoms with Gasteiger partial charge in [0.15, 0.2) is 17.7 Å². The van der Waals surface area contributed by atoms with E-state index in [1.165, 1.54) is 14.0 Å². The maximum Gasteiger partial charge on any atom is 0.408 e. The molecule has 13 atom stereocenters. The number of amides is 1. The monoisotopic (exact) mass is 765 g/mol. The van der Waals surface area contributed by atoms with E-state index in [0.29, 0.717) is 12.8 Å². The normalized spacial score (nSPS) is 38.1. The van der Waals surface area contributed by atoms with Crippen molar-refractivity contribution in [3.63, 3.8) is 0 Å². The highest BCUT2D eigenvalue weighted by atomic mass is 16.7. The zero-order chi connectivity index (χ0) is 40.4. The molecule has 1 aromatic carbocycles. The van der Waals surface area contributed by atoms with Crippen molar-refractivity contribution in [3.05, 3.63) is 48.2 Å². The van der Waals surface area contributed by atoms with E-state index in [4.69, 9.17) is 23.7 Å². The number of ketones is 2. The van der Waals surface area contributed by atoms with Crippen molar-refractivity contribution in [1.29, 1.82) is 0 Å². The average Bonchev–Trinajstić information content (AvgIpc) is 3.47. The molecule has 55 heavy (non-hydrogen) atoms. The van der Waals surface area contributed by atoms with Crippen molar-refractivity contribution >= 4 is 40.6 Å². The van der Waals surface area contributed by atoms with Crippen molar-refractivity contribution in [3.8, 4) is 0 Å². The standard InChI is InChI=1S/C42H59N3O10/c1-23-21-41(6,51-10)37(54-39-35(48)31(45(8)9)19-24(2)52-39)26(4)34(47)27(5)38(49)53-32(42(7)36(25(3)33(23)46)44-40(50)55-42)18-14-11-15-28-20-29-16-12-13-17-30(29)43-22-28/h11-13,15-17,20,22-27,31-32,35-37,39,48H,14,18-19,21H2,1-10H3,(H,44,50)/b15-11+/t23-,24?,25+,26+,27-,31?,32-,35?,36?,37?,39?,41-,42-/m1/s1. The first-order valence-corrected chi connectivity index (χ1v) is 19.4. The minimum Gasteiger partial charge on any atom is -0.457 e. The number of para-hydroxylation sites is 1. The minimum absolute atomic E-state index is 0.124. The number of fused-ring (bicyclic) bond motifs is 2. The number of cyclic esters (lactones) is 1. The summed E-state index contributed by atoms with van der Waals surface area (Å²) < 4.78 is 30.9. The van der Waals surface area contributed by atoms with Gasteiger partial charge in [0.25, 0.3) is 0 Å². The summed E-state index contributed by atoms with van der Waals surface area (Å²) in [5, 5.41) is 15.2. The van der Waals surface area contributed by atoms with Gasteiger partial charge in [-0.3, -0.25) is 19.4 Å². The lowest BCUT2D eigenvalue weighted by atomic mass is 9.73. The summed E-state index contributed by atoms with van der Waals surface area (Å²) in [6.45, 7) is 12.0. The molecule has 0 spiro atoms. The predicted molar refractivity (Wildman–Crippen MR) is 206 cm³/mol. The number of pyridine rings is 1. The van der Waals surface area contributed by atoms with E-state index in [1.54, 1.807) is 40.8 Å². The van der Waals surface area contributed by atoms with Crippen LogP contribution in [0, 0.1) is 23.7 Å². The fraction of sp³-hybridized carbons (Fsp3) is 0.643. The minimum atomic E-state index is -1.44. The van der Waals surface area contributed by atoms with E-state index in [1.807, 2.05) is 68.4 Å². The number of aromatic nitrogens is 1. The number of likely N-dealkylation sites (N-methyl/N-ethyl adjacent to an activating group) is 1. The second-order valence-corrected chi connectivity index (χ2v) is 16.4. The van der Waals surface area contributed by atoms with Gasteiger partial charge >= 0.3 is 12.1 Å². The molecule has 3 aliphatic heterocycles. The number of nitrogens with zero attached hydrogens (tertiary/aromatic N) is 2. The van der Waals surface area contributed by atoms with Gasteiger partial charge < -0.3 is 39.0 Å². The molecule has 2 N–H and O–H groups in total. The molecular weight excluding hydrogens is 706 g/mol. The number of nitrogens with one attached hydrogen (secondary N) is 1. The van der Waals surface area contributed by atoms with E-state index in [9.17, 15) is 24.3 Å². The number of Topliss-reactive ketones (excluding diaryl/α,β-unsaturated/α-hetero) is 2.